The molecule has 0 aromatic rings. The van der Waals surface area contributed by atoms with Gasteiger partial charge in [-0.1, -0.05) is 57.3 Å². The second-order valence-corrected chi connectivity index (χ2v) is 4.52. The van der Waals surface area contributed by atoms with Gasteiger partial charge in [0.2, 0.25) is 0 Å². The fourth-order valence-electron chi connectivity index (χ4n) is 1.76. The molecular weight excluding hydrogens is 208 g/mol. The SMILES string of the molecule is CCCCC=CCCCCCCC/C=C\C=O. The van der Waals surface area contributed by atoms with E-state index in [0.29, 0.717) is 0 Å². The summed E-state index contributed by atoms with van der Waals surface area (Å²) in [6.45, 7) is 2.23. The number of hydrogen-bond acceptors (Lipinski definition) is 1. The molecule has 0 rings (SSSR count). The molecule has 0 bridgehead atoms. The summed E-state index contributed by atoms with van der Waals surface area (Å²) in [4.78, 5) is 10.0. The van der Waals surface area contributed by atoms with Crippen LogP contribution in [0.5, 0.6) is 0 Å². The molecule has 0 amide bonds. The molecule has 0 aliphatic rings. The van der Waals surface area contributed by atoms with E-state index in [-0.39, 0.29) is 0 Å². The molecule has 17 heavy (non-hydrogen) atoms. The Morgan fingerprint density at radius 1 is 0.706 bits per heavy atom. The number of aldehydes is 1. The van der Waals surface area contributed by atoms with Crippen molar-refractivity contribution >= 4 is 6.29 Å². The van der Waals surface area contributed by atoms with E-state index in [1.807, 2.05) is 6.08 Å². The molecule has 0 N–H and O–H groups in total. The van der Waals surface area contributed by atoms with Crippen molar-refractivity contribution in [3.63, 3.8) is 0 Å². The smallest absolute Gasteiger partial charge is 0.142 e. The Hall–Kier alpha value is -0.850. The van der Waals surface area contributed by atoms with Crippen LogP contribution in [0.15, 0.2) is 24.3 Å². The molecular formula is C16H28O. The Bertz CT molecular complexity index is 204. The zero-order valence-corrected chi connectivity index (χ0v) is 11.4. The lowest BCUT2D eigenvalue weighted by Gasteiger charge is -1.98. The minimum atomic E-state index is 0.852. The summed E-state index contributed by atoms with van der Waals surface area (Å²) in [5.41, 5.74) is 0. The largest absolute Gasteiger partial charge is 0.299 e. The zero-order valence-electron chi connectivity index (χ0n) is 11.4. The molecule has 0 aliphatic carbocycles. The van der Waals surface area contributed by atoms with E-state index in [0.717, 1.165) is 12.7 Å². The minimum absolute atomic E-state index is 0.852. The van der Waals surface area contributed by atoms with Crippen LogP contribution in [0.4, 0.5) is 0 Å². The Morgan fingerprint density at radius 3 is 1.82 bits per heavy atom. The first-order valence-electron chi connectivity index (χ1n) is 7.17. The first kappa shape index (κ1) is 16.1. The van der Waals surface area contributed by atoms with E-state index in [9.17, 15) is 4.79 Å². The molecule has 0 aromatic carbocycles. The Balaban J connectivity index is 3.05. The van der Waals surface area contributed by atoms with Crippen LogP contribution in [0.3, 0.4) is 0 Å². The molecule has 0 saturated heterocycles. The van der Waals surface area contributed by atoms with Crippen LogP contribution >= 0.6 is 0 Å². The van der Waals surface area contributed by atoms with E-state index in [1.54, 1.807) is 6.08 Å². The fraction of sp³-hybridized carbons (Fsp3) is 0.688. The van der Waals surface area contributed by atoms with Crippen LogP contribution in [-0.2, 0) is 4.79 Å². The average molecular weight is 236 g/mol. The van der Waals surface area contributed by atoms with Crippen LogP contribution in [0, 0.1) is 0 Å². The van der Waals surface area contributed by atoms with Gasteiger partial charge in [-0.3, -0.25) is 4.79 Å². The number of carbonyl (C=O) groups excluding carboxylic acids is 1. The molecule has 0 radical (unpaired) electrons. The third kappa shape index (κ3) is 15.1. The molecule has 0 spiro atoms. The van der Waals surface area contributed by atoms with Gasteiger partial charge in [-0.2, -0.15) is 0 Å². The maximum atomic E-state index is 10.0. The Morgan fingerprint density at radius 2 is 1.24 bits per heavy atom. The first-order chi connectivity index (χ1) is 8.41. The van der Waals surface area contributed by atoms with Crippen molar-refractivity contribution < 1.29 is 4.79 Å². The zero-order chi connectivity index (χ0) is 12.6. The Labute approximate surface area is 107 Å². The van der Waals surface area contributed by atoms with Gasteiger partial charge in [0.1, 0.15) is 6.29 Å². The van der Waals surface area contributed by atoms with E-state index in [2.05, 4.69) is 19.1 Å². The van der Waals surface area contributed by atoms with E-state index >= 15 is 0 Å². The number of rotatable bonds is 12. The summed E-state index contributed by atoms with van der Waals surface area (Å²) in [7, 11) is 0. The molecule has 0 aromatic heterocycles. The van der Waals surface area contributed by atoms with Crippen molar-refractivity contribution in [2.75, 3.05) is 0 Å². The lowest BCUT2D eigenvalue weighted by atomic mass is 10.1. The van der Waals surface area contributed by atoms with Crippen molar-refractivity contribution in [3.8, 4) is 0 Å². The van der Waals surface area contributed by atoms with Crippen LogP contribution in [-0.4, -0.2) is 6.29 Å². The van der Waals surface area contributed by atoms with Crippen molar-refractivity contribution in [2.24, 2.45) is 0 Å². The molecule has 0 saturated carbocycles. The lowest BCUT2D eigenvalue weighted by Crippen LogP contribution is -1.78. The van der Waals surface area contributed by atoms with E-state index in [1.165, 1.54) is 57.8 Å². The topological polar surface area (TPSA) is 17.1 Å². The van der Waals surface area contributed by atoms with Crippen molar-refractivity contribution in [1.82, 2.24) is 0 Å². The van der Waals surface area contributed by atoms with E-state index < -0.39 is 0 Å². The van der Waals surface area contributed by atoms with Crippen LogP contribution in [0.2, 0.25) is 0 Å². The molecule has 0 fully saturated rings. The third-order valence-electron chi connectivity index (χ3n) is 2.85. The molecule has 98 valence electrons. The van der Waals surface area contributed by atoms with Crippen LogP contribution in [0.1, 0.15) is 71.1 Å². The number of allylic oxidation sites excluding steroid dienone is 4. The summed E-state index contributed by atoms with van der Waals surface area (Å²) in [5, 5.41) is 0. The maximum absolute atomic E-state index is 10.0. The summed E-state index contributed by atoms with van der Waals surface area (Å²) < 4.78 is 0. The van der Waals surface area contributed by atoms with Gasteiger partial charge in [-0.15, -0.1) is 0 Å². The number of carbonyl (C=O) groups is 1. The average Bonchev–Trinajstić information content (AvgIpc) is 2.35. The summed E-state index contributed by atoms with van der Waals surface area (Å²) in [6, 6.07) is 0. The maximum Gasteiger partial charge on any atom is 0.142 e. The molecule has 1 heteroatoms. The highest BCUT2D eigenvalue weighted by Gasteiger charge is 1.88. The van der Waals surface area contributed by atoms with Crippen molar-refractivity contribution in [2.45, 2.75) is 71.1 Å². The van der Waals surface area contributed by atoms with Gasteiger partial charge in [-0.25, -0.2) is 0 Å². The van der Waals surface area contributed by atoms with Gasteiger partial charge in [0.15, 0.2) is 0 Å². The molecule has 0 unspecified atom stereocenters. The van der Waals surface area contributed by atoms with E-state index in [4.69, 9.17) is 0 Å². The quantitative estimate of drug-likeness (QED) is 0.196. The predicted octanol–water partition coefficient (Wildman–Crippen LogP) is 5.22. The summed E-state index contributed by atoms with van der Waals surface area (Å²) >= 11 is 0. The molecule has 0 aliphatic heterocycles. The monoisotopic (exact) mass is 236 g/mol. The fourth-order valence-corrected chi connectivity index (χ4v) is 1.76. The standard InChI is InChI=1S/C16H28O/c1-2-3-4-5-6-7-8-9-10-11-12-13-14-15-16-17/h5-6,14-16H,2-4,7-13H2,1H3/b6-5?,15-14-. The van der Waals surface area contributed by atoms with Crippen LogP contribution in [0.25, 0.3) is 0 Å². The highest BCUT2D eigenvalue weighted by molar-refractivity contribution is 5.64. The lowest BCUT2D eigenvalue weighted by molar-refractivity contribution is -0.104. The van der Waals surface area contributed by atoms with Crippen molar-refractivity contribution in [3.05, 3.63) is 24.3 Å². The van der Waals surface area contributed by atoms with Gasteiger partial charge >= 0.3 is 0 Å². The second kappa shape index (κ2) is 15.1. The van der Waals surface area contributed by atoms with Gasteiger partial charge in [-0.05, 0) is 38.2 Å². The van der Waals surface area contributed by atoms with Gasteiger partial charge in [0.25, 0.3) is 0 Å². The third-order valence-corrected chi connectivity index (χ3v) is 2.85. The van der Waals surface area contributed by atoms with Crippen molar-refractivity contribution in [1.29, 1.82) is 0 Å². The van der Waals surface area contributed by atoms with Gasteiger partial charge < -0.3 is 0 Å². The van der Waals surface area contributed by atoms with Gasteiger partial charge in [0, 0.05) is 0 Å². The minimum Gasteiger partial charge on any atom is -0.299 e. The second-order valence-electron chi connectivity index (χ2n) is 4.52. The summed E-state index contributed by atoms with van der Waals surface area (Å²) in [6.07, 6.45) is 21.8. The van der Waals surface area contributed by atoms with Crippen LogP contribution < -0.4 is 0 Å². The number of hydrogen-bond donors (Lipinski definition) is 0. The summed E-state index contributed by atoms with van der Waals surface area (Å²) in [5.74, 6) is 0. The number of unbranched alkanes of at least 4 members (excludes halogenated alkanes) is 8. The molecule has 1 nitrogen and oxygen atoms in total. The highest BCUT2D eigenvalue weighted by Crippen LogP contribution is 2.08. The highest BCUT2D eigenvalue weighted by atomic mass is 16.1. The normalized spacial score (nSPS) is 11.6. The van der Waals surface area contributed by atoms with Gasteiger partial charge in [0.05, 0.1) is 0 Å². The predicted molar refractivity (Wildman–Crippen MR) is 76.2 cm³/mol. The Kier molecular flexibility index (Phi) is 14.4. The first-order valence-corrected chi connectivity index (χ1v) is 7.17. The molecule has 0 atom stereocenters. The molecule has 0 heterocycles.